The van der Waals surface area contributed by atoms with Crippen LogP contribution >= 0.6 is 12.2 Å². The minimum absolute atomic E-state index is 0.767. The lowest BCUT2D eigenvalue weighted by Gasteiger charge is -2.04. The summed E-state index contributed by atoms with van der Waals surface area (Å²) in [6, 6.07) is 0. The lowest BCUT2D eigenvalue weighted by molar-refractivity contribution is 0.746. The molecule has 1 N–H and O–H groups in total. The van der Waals surface area contributed by atoms with Gasteiger partial charge in [-0.05, 0) is 25.6 Å². The van der Waals surface area contributed by atoms with Crippen molar-refractivity contribution in [2.45, 2.75) is 26.8 Å². The quantitative estimate of drug-likeness (QED) is 0.830. The molecule has 2 aromatic heterocycles. The van der Waals surface area contributed by atoms with Crippen LogP contribution in [0.2, 0.25) is 0 Å². The first kappa shape index (κ1) is 11.1. The van der Waals surface area contributed by atoms with E-state index in [-0.39, 0.29) is 0 Å². The molecule has 0 radical (unpaired) electrons. The second-order valence-corrected chi connectivity index (χ2v) is 4.34. The predicted octanol–water partition coefficient (Wildman–Crippen LogP) is 2.20. The maximum Gasteiger partial charge on any atom is 0.177 e. The van der Waals surface area contributed by atoms with Gasteiger partial charge in [0.15, 0.2) is 4.77 Å². The molecule has 4 nitrogen and oxygen atoms in total. The Bertz CT molecular complexity index is 547. The van der Waals surface area contributed by atoms with Crippen molar-refractivity contribution < 1.29 is 0 Å². The first-order chi connectivity index (χ1) is 7.61. The van der Waals surface area contributed by atoms with E-state index >= 15 is 0 Å². The predicted molar refractivity (Wildman–Crippen MR) is 66.0 cm³/mol. The van der Waals surface area contributed by atoms with Crippen molar-refractivity contribution in [1.82, 2.24) is 19.3 Å². The normalized spacial score (nSPS) is 10.9. The van der Waals surface area contributed by atoms with Gasteiger partial charge in [0, 0.05) is 30.7 Å². The van der Waals surface area contributed by atoms with Gasteiger partial charge in [-0.15, -0.1) is 0 Å². The van der Waals surface area contributed by atoms with Crippen molar-refractivity contribution >= 4 is 12.2 Å². The van der Waals surface area contributed by atoms with Crippen molar-refractivity contribution in [2.24, 2.45) is 7.05 Å². The van der Waals surface area contributed by atoms with Crippen molar-refractivity contribution in [3.63, 3.8) is 0 Å². The smallest absolute Gasteiger partial charge is 0.177 e. The highest BCUT2D eigenvalue weighted by molar-refractivity contribution is 7.71. The van der Waals surface area contributed by atoms with E-state index in [9.17, 15) is 0 Å². The first-order valence-electron chi connectivity index (χ1n) is 5.38. The summed E-state index contributed by atoms with van der Waals surface area (Å²) in [6.07, 6.45) is 4.95. The van der Waals surface area contributed by atoms with E-state index in [2.05, 4.69) is 27.8 Å². The summed E-state index contributed by atoms with van der Waals surface area (Å²) in [5, 5.41) is 4.43. The Morgan fingerprint density at radius 1 is 1.50 bits per heavy atom. The van der Waals surface area contributed by atoms with E-state index in [1.165, 1.54) is 5.56 Å². The largest absolute Gasteiger partial charge is 0.337 e. The van der Waals surface area contributed by atoms with Gasteiger partial charge in [-0.2, -0.15) is 5.10 Å². The van der Waals surface area contributed by atoms with Crippen LogP contribution in [-0.4, -0.2) is 19.3 Å². The van der Waals surface area contributed by atoms with Gasteiger partial charge in [0.05, 0.1) is 12.2 Å². The van der Waals surface area contributed by atoms with Crippen LogP contribution in [0.4, 0.5) is 0 Å². The Morgan fingerprint density at radius 3 is 2.81 bits per heavy atom. The van der Waals surface area contributed by atoms with Crippen molar-refractivity contribution in [2.75, 3.05) is 0 Å². The SMILES string of the molecule is CCc1nn(C)cc1Cn1c(C)c[nH]c1=S. The molecule has 86 valence electrons. The van der Waals surface area contributed by atoms with Gasteiger partial charge in [-0.3, -0.25) is 4.68 Å². The molecule has 0 fully saturated rings. The van der Waals surface area contributed by atoms with Gasteiger partial charge in [-0.25, -0.2) is 0 Å². The van der Waals surface area contributed by atoms with E-state index < -0.39 is 0 Å². The molecule has 0 saturated carbocycles. The van der Waals surface area contributed by atoms with E-state index in [0.29, 0.717) is 0 Å². The fourth-order valence-corrected chi connectivity index (χ4v) is 2.13. The van der Waals surface area contributed by atoms with Crippen LogP contribution in [0, 0.1) is 11.7 Å². The molecule has 0 atom stereocenters. The average Bonchev–Trinajstić information content (AvgIpc) is 2.75. The summed E-state index contributed by atoms with van der Waals surface area (Å²) < 4.78 is 4.72. The monoisotopic (exact) mass is 236 g/mol. The molecule has 0 spiro atoms. The number of aromatic nitrogens is 4. The number of H-pyrrole nitrogens is 1. The van der Waals surface area contributed by atoms with Gasteiger partial charge in [0.25, 0.3) is 0 Å². The second kappa shape index (κ2) is 4.25. The van der Waals surface area contributed by atoms with Crippen LogP contribution in [0.25, 0.3) is 0 Å². The molecule has 16 heavy (non-hydrogen) atoms. The fourth-order valence-electron chi connectivity index (χ4n) is 1.86. The summed E-state index contributed by atoms with van der Waals surface area (Å²) in [5.74, 6) is 0. The summed E-state index contributed by atoms with van der Waals surface area (Å²) >= 11 is 5.24. The average molecular weight is 236 g/mol. The number of hydrogen-bond acceptors (Lipinski definition) is 2. The third-order valence-corrected chi connectivity index (χ3v) is 3.07. The van der Waals surface area contributed by atoms with Crippen molar-refractivity contribution in [1.29, 1.82) is 0 Å². The van der Waals surface area contributed by atoms with Crippen molar-refractivity contribution in [3.8, 4) is 0 Å². The van der Waals surface area contributed by atoms with Crippen LogP contribution in [0.5, 0.6) is 0 Å². The van der Waals surface area contributed by atoms with Gasteiger partial charge >= 0.3 is 0 Å². The van der Waals surface area contributed by atoms with Crippen LogP contribution in [0.1, 0.15) is 23.9 Å². The molecule has 0 aliphatic rings. The number of hydrogen-bond donors (Lipinski definition) is 1. The van der Waals surface area contributed by atoms with Gasteiger partial charge in [-0.1, -0.05) is 6.92 Å². The number of nitrogens with one attached hydrogen (secondary N) is 1. The molecule has 2 aromatic rings. The Hall–Kier alpha value is -1.36. The third kappa shape index (κ3) is 1.95. The highest BCUT2D eigenvalue weighted by atomic mass is 32.1. The fraction of sp³-hybridized carbons (Fsp3) is 0.455. The third-order valence-electron chi connectivity index (χ3n) is 2.73. The maximum atomic E-state index is 5.24. The summed E-state index contributed by atoms with van der Waals surface area (Å²) in [4.78, 5) is 3.05. The molecule has 0 bridgehead atoms. The lowest BCUT2D eigenvalue weighted by atomic mass is 10.2. The molecule has 2 heterocycles. The number of aromatic amines is 1. The van der Waals surface area contributed by atoms with Gasteiger partial charge in [0.2, 0.25) is 0 Å². The molecule has 0 saturated heterocycles. The Balaban J connectivity index is 2.37. The summed E-state index contributed by atoms with van der Waals surface area (Å²) in [7, 11) is 1.95. The topological polar surface area (TPSA) is 38.5 Å². The molecular weight excluding hydrogens is 220 g/mol. The molecule has 0 amide bonds. The summed E-state index contributed by atoms with van der Waals surface area (Å²) in [6.45, 7) is 4.97. The van der Waals surface area contributed by atoms with Gasteiger partial charge in [0.1, 0.15) is 0 Å². The Kier molecular flexibility index (Phi) is 2.96. The Labute approximate surface area is 99.9 Å². The molecule has 0 aromatic carbocycles. The molecular formula is C11H16N4S. The van der Waals surface area contributed by atoms with E-state index in [0.717, 1.165) is 29.1 Å². The lowest BCUT2D eigenvalue weighted by Crippen LogP contribution is -2.03. The zero-order chi connectivity index (χ0) is 11.7. The zero-order valence-electron chi connectivity index (χ0n) is 9.82. The summed E-state index contributed by atoms with van der Waals surface area (Å²) in [5.41, 5.74) is 3.53. The number of aryl methyl sites for hydroxylation is 3. The molecule has 0 unspecified atom stereocenters. The molecule has 0 aliphatic heterocycles. The van der Waals surface area contributed by atoms with E-state index in [1.54, 1.807) is 0 Å². The molecule has 5 heteroatoms. The highest BCUT2D eigenvalue weighted by Crippen LogP contribution is 2.11. The minimum atomic E-state index is 0.767. The second-order valence-electron chi connectivity index (χ2n) is 3.95. The molecule has 2 rings (SSSR count). The minimum Gasteiger partial charge on any atom is -0.337 e. The van der Waals surface area contributed by atoms with Gasteiger partial charge < -0.3 is 9.55 Å². The maximum absolute atomic E-state index is 5.24. The number of nitrogens with zero attached hydrogens (tertiary/aromatic N) is 3. The number of rotatable bonds is 3. The molecule has 0 aliphatic carbocycles. The number of imidazole rings is 1. The first-order valence-corrected chi connectivity index (χ1v) is 5.79. The zero-order valence-corrected chi connectivity index (χ0v) is 10.6. The Morgan fingerprint density at radius 2 is 2.25 bits per heavy atom. The van der Waals surface area contributed by atoms with Crippen LogP contribution in [0.3, 0.4) is 0 Å². The van der Waals surface area contributed by atoms with E-state index in [4.69, 9.17) is 12.2 Å². The van der Waals surface area contributed by atoms with Crippen LogP contribution < -0.4 is 0 Å². The van der Waals surface area contributed by atoms with Crippen LogP contribution in [0.15, 0.2) is 12.4 Å². The standard InChI is InChI=1S/C11H16N4S/c1-4-10-9(6-14(3)13-10)7-15-8(2)5-12-11(15)16/h5-6H,4,7H2,1-3H3,(H,12,16). The van der Waals surface area contributed by atoms with Crippen molar-refractivity contribution in [3.05, 3.63) is 34.1 Å². The van der Waals surface area contributed by atoms with Crippen LogP contribution in [-0.2, 0) is 20.0 Å². The van der Waals surface area contributed by atoms with E-state index in [1.807, 2.05) is 24.9 Å². The highest BCUT2D eigenvalue weighted by Gasteiger charge is 2.08.